The summed E-state index contributed by atoms with van der Waals surface area (Å²) < 4.78 is 11.4. The molecule has 1 aliphatic rings. The summed E-state index contributed by atoms with van der Waals surface area (Å²) >= 11 is 1.10. The number of nitrogens with one attached hydrogen (secondary N) is 1. The van der Waals surface area contributed by atoms with Gasteiger partial charge in [-0.1, -0.05) is 42.5 Å². The van der Waals surface area contributed by atoms with Crippen LogP contribution in [0.25, 0.3) is 10.4 Å². The maximum atomic E-state index is 11.7. The van der Waals surface area contributed by atoms with Crippen LogP contribution in [0.2, 0.25) is 0 Å². The van der Waals surface area contributed by atoms with E-state index in [1.54, 1.807) is 6.92 Å². The molecule has 2 aromatic carbocycles. The molecule has 3 aromatic rings. The predicted octanol–water partition coefficient (Wildman–Crippen LogP) is 5.83. The van der Waals surface area contributed by atoms with Gasteiger partial charge in [0, 0.05) is 22.2 Å². The SMILES string of the molecule is Cc1c(-c2cccc(NC3CCC(OCc4ccccc4)CC3)c2)sc(C(=O)O)c1OCC(=O)O. The van der Waals surface area contributed by atoms with Crippen molar-refractivity contribution in [2.24, 2.45) is 0 Å². The highest BCUT2D eigenvalue weighted by molar-refractivity contribution is 7.18. The average Bonchev–Trinajstić information content (AvgIpc) is 3.19. The topological polar surface area (TPSA) is 105 Å². The lowest BCUT2D eigenvalue weighted by Gasteiger charge is -2.30. The van der Waals surface area contributed by atoms with Gasteiger partial charge in [-0.3, -0.25) is 0 Å². The van der Waals surface area contributed by atoms with Crippen molar-refractivity contribution in [1.29, 1.82) is 0 Å². The van der Waals surface area contributed by atoms with Gasteiger partial charge in [-0.05, 0) is 55.9 Å². The number of hydrogen-bond acceptors (Lipinski definition) is 6. The maximum Gasteiger partial charge on any atom is 0.349 e. The first-order chi connectivity index (χ1) is 16.9. The van der Waals surface area contributed by atoms with Gasteiger partial charge in [0.15, 0.2) is 11.5 Å². The normalized spacial score (nSPS) is 17.6. The molecule has 8 heteroatoms. The van der Waals surface area contributed by atoms with Gasteiger partial charge in [0.25, 0.3) is 0 Å². The largest absolute Gasteiger partial charge is 0.480 e. The van der Waals surface area contributed by atoms with Gasteiger partial charge in [-0.15, -0.1) is 11.3 Å². The molecule has 7 nitrogen and oxygen atoms in total. The van der Waals surface area contributed by atoms with Gasteiger partial charge in [-0.2, -0.15) is 0 Å². The number of carboxylic acid groups (broad SMARTS) is 2. The quantitative estimate of drug-likeness (QED) is 0.325. The van der Waals surface area contributed by atoms with E-state index in [-0.39, 0.29) is 16.7 Å². The zero-order valence-electron chi connectivity index (χ0n) is 19.5. The first-order valence-electron chi connectivity index (χ1n) is 11.6. The van der Waals surface area contributed by atoms with E-state index in [2.05, 4.69) is 17.4 Å². The van der Waals surface area contributed by atoms with E-state index in [1.165, 1.54) is 5.56 Å². The van der Waals surface area contributed by atoms with Crippen LogP contribution in [-0.4, -0.2) is 40.9 Å². The molecule has 35 heavy (non-hydrogen) atoms. The minimum atomic E-state index is -1.15. The van der Waals surface area contributed by atoms with E-state index in [9.17, 15) is 14.7 Å². The van der Waals surface area contributed by atoms with Crippen molar-refractivity contribution in [3.8, 4) is 16.2 Å². The number of benzene rings is 2. The lowest BCUT2D eigenvalue weighted by molar-refractivity contribution is -0.139. The second-order valence-corrected chi connectivity index (χ2v) is 9.72. The zero-order valence-corrected chi connectivity index (χ0v) is 20.3. The van der Waals surface area contributed by atoms with Crippen molar-refractivity contribution in [2.45, 2.75) is 51.4 Å². The molecule has 0 saturated heterocycles. The summed E-state index contributed by atoms with van der Waals surface area (Å²) in [7, 11) is 0. The smallest absolute Gasteiger partial charge is 0.349 e. The molecule has 1 aliphatic carbocycles. The number of hydrogen-bond donors (Lipinski definition) is 3. The molecule has 0 spiro atoms. The van der Waals surface area contributed by atoms with Gasteiger partial charge in [0.05, 0.1) is 12.7 Å². The Morgan fingerprint density at radius 2 is 1.77 bits per heavy atom. The number of rotatable bonds is 10. The third kappa shape index (κ3) is 6.41. The number of thiophene rings is 1. The van der Waals surface area contributed by atoms with Crippen molar-refractivity contribution in [1.82, 2.24) is 0 Å². The van der Waals surface area contributed by atoms with Crippen LogP contribution in [0.5, 0.6) is 5.75 Å². The van der Waals surface area contributed by atoms with Crippen LogP contribution in [-0.2, 0) is 16.1 Å². The fourth-order valence-electron chi connectivity index (χ4n) is 4.37. The summed E-state index contributed by atoms with van der Waals surface area (Å²) in [6.07, 6.45) is 4.30. The first kappa shape index (κ1) is 24.8. The van der Waals surface area contributed by atoms with Crippen molar-refractivity contribution >= 4 is 29.0 Å². The van der Waals surface area contributed by atoms with Crippen molar-refractivity contribution in [3.63, 3.8) is 0 Å². The molecule has 1 aromatic heterocycles. The van der Waals surface area contributed by atoms with E-state index in [1.807, 2.05) is 42.5 Å². The highest BCUT2D eigenvalue weighted by Crippen LogP contribution is 2.42. The third-order valence-electron chi connectivity index (χ3n) is 6.12. The second kappa shape index (κ2) is 11.4. The fourth-order valence-corrected chi connectivity index (χ4v) is 5.46. The van der Waals surface area contributed by atoms with Crippen LogP contribution in [0.4, 0.5) is 5.69 Å². The van der Waals surface area contributed by atoms with Crippen molar-refractivity contribution < 1.29 is 29.3 Å². The molecule has 0 aliphatic heterocycles. The number of aromatic carboxylic acids is 1. The minimum absolute atomic E-state index is 0.00550. The molecule has 1 heterocycles. The molecule has 0 amide bonds. The van der Waals surface area contributed by atoms with E-state index in [0.717, 1.165) is 53.1 Å². The Balaban J connectivity index is 1.39. The van der Waals surface area contributed by atoms with E-state index < -0.39 is 18.5 Å². The summed E-state index contributed by atoms with van der Waals surface area (Å²) in [4.78, 5) is 23.4. The molecule has 0 radical (unpaired) electrons. The number of anilines is 1. The van der Waals surface area contributed by atoms with E-state index >= 15 is 0 Å². The van der Waals surface area contributed by atoms with Crippen LogP contribution in [0, 0.1) is 6.92 Å². The number of carboxylic acids is 2. The molecule has 1 saturated carbocycles. The summed E-state index contributed by atoms with van der Waals surface area (Å²) in [6, 6.07) is 18.4. The first-order valence-corrected chi connectivity index (χ1v) is 12.5. The monoisotopic (exact) mass is 495 g/mol. The number of carbonyl (C=O) groups is 2. The second-order valence-electron chi connectivity index (χ2n) is 8.70. The summed E-state index contributed by atoms with van der Waals surface area (Å²) in [6.45, 7) is 1.81. The van der Waals surface area contributed by atoms with Crippen LogP contribution in [0.3, 0.4) is 0 Å². The Bertz CT molecular complexity index is 1170. The van der Waals surface area contributed by atoms with Gasteiger partial charge >= 0.3 is 11.9 Å². The summed E-state index contributed by atoms with van der Waals surface area (Å²) in [5, 5.41) is 22.1. The highest BCUT2D eigenvalue weighted by atomic mass is 32.1. The van der Waals surface area contributed by atoms with Gasteiger partial charge in [0.1, 0.15) is 5.75 Å². The minimum Gasteiger partial charge on any atom is -0.480 e. The van der Waals surface area contributed by atoms with Crippen LogP contribution in [0.15, 0.2) is 54.6 Å². The molecule has 0 atom stereocenters. The Kier molecular flexibility index (Phi) is 8.05. The van der Waals surface area contributed by atoms with Crippen LogP contribution in [0.1, 0.15) is 46.5 Å². The van der Waals surface area contributed by atoms with Crippen molar-refractivity contribution in [2.75, 3.05) is 11.9 Å². The van der Waals surface area contributed by atoms with E-state index in [0.29, 0.717) is 18.2 Å². The lowest BCUT2D eigenvalue weighted by atomic mass is 9.92. The van der Waals surface area contributed by atoms with Crippen LogP contribution < -0.4 is 10.1 Å². The summed E-state index contributed by atoms with van der Waals surface area (Å²) in [5.41, 5.74) is 3.65. The standard InChI is InChI=1S/C27H29NO6S/c1-17-24(34-16-23(29)30)26(27(31)32)35-25(17)19-8-5-9-21(14-19)28-20-10-12-22(13-11-20)33-15-18-6-3-2-4-7-18/h2-9,14,20,22,28H,10-13,15-16H2,1H3,(H,29,30)(H,31,32). The van der Waals surface area contributed by atoms with Gasteiger partial charge in [0.2, 0.25) is 0 Å². The third-order valence-corrected chi connectivity index (χ3v) is 7.43. The Labute approximate surface area is 208 Å². The highest BCUT2D eigenvalue weighted by Gasteiger charge is 2.24. The molecule has 1 fully saturated rings. The van der Waals surface area contributed by atoms with Gasteiger partial charge in [-0.25, -0.2) is 9.59 Å². The van der Waals surface area contributed by atoms with Crippen LogP contribution >= 0.6 is 11.3 Å². The zero-order chi connectivity index (χ0) is 24.8. The van der Waals surface area contributed by atoms with Gasteiger partial charge < -0.3 is 25.0 Å². The van der Waals surface area contributed by atoms with E-state index in [4.69, 9.17) is 14.6 Å². The molecule has 184 valence electrons. The Morgan fingerprint density at radius 1 is 1.03 bits per heavy atom. The summed E-state index contributed by atoms with van der Waals surface area (Å²) in [5.74, 6) is -2.17. The molecule has 0 bridgehead atoms. The Morgan fingerprint density at radius 3 is 2.46 bits per heavy atom. The maximum absolute atomic E-state index is 11.7. The number of aliphatic carboxylic acids is 1. The molecule has 0 unspecified atom stereocenters. The molecular formula is C27H29NO6S. The fraction of sp³-hybridized carbons (Fsp3) is 0.333. The van der Waals surface area contributed by atoms with Crippen molar-refractivity contribution in [3.05, 3.63) is 70.6 Å². The molecular weight excluding hydrogens is 466 g/mol. The molecule has 4 rings (SSSR count). The molecule has 3 N–H and O–H groups in total. The number of ether oxygens (including phenoxy) is 2. The Hall–Kier alpha value is -3.36. The average molecular weight is 496 g/mol. The predicted molar refractivity (Wildman–Crippen MR) is 135 cm³/mol. The lowest BCUT2D eigenvalue weighted by Crippen LogP contribution is -2.29.